The van der Waals surface area contributed by atoms with Gasteiger partial charge in [0.15, 0.2) is 5.82 Å². The first-order valence-corrected chi connectivity index (χ1v) is 13.5. The van der Waals surface area contributed by atoms with Crippen LogP contribution in [0.5, 0.6) is 5.75 Å². The van der Waals surface area contributed by atoms with E-state index in [1.807, 2.05) is 71.0 Å². The number of carbonyl (C=O) groups excluding carboxylic acids is 2. The zero-order valence-electron chi connectivity index (χ0n) is 23.8. The fraction of sp³-hybridized carbons (Fsp3) is 0.400. The lowest BCUT2D eigenvalue weighted by atomic mass is 9.98. The van der Waals surface area contributed by atoms with Crippen LogP contribution in [0, 0.1) is 0 Å². The number of hydrogen-bond donors (Lipinski definition) is 2. The van der Waals surface area contributed by atoms with E-state index >= 15 is 0 Å². The number of amides is 2. The molecule has 2 aromatic heterocycles. The molecule has 2 amide bonds. The van der Waals surface area contributed by atoms with E-state index in [0.29, 0.717) is 43.1 Å². The van der Waals surface area contributed by atoms with E-state index in [4.69, 9.17) is 15.2 Å². The molecule has 1 aliphatic rings. The second-order valence-electron chi connectivity index (χ2n) is 10.6. The van der Waals surface area contributed by atoms with E-state index < -0.39 is 23.9 Å². The van der Waals surface area contributed by atoms with Crippen molar-refractivity contribution >= 4 is 23.5 Å². The summed E-state index contributed by atoms with van der Waals surface area (Å²) in [4.78, 5) is 40.1. The topological polar surface area (TPSA) is 123 Å². The second-order valence-corrected chi connectivity index (χ2v) is 10.6. The smallest absolute Gasteiger partial charge is 0.417 e. The third kappa shape index (κ3) is 6.40. The highest BCUT2D eigenvalue weighted by Gasteiger charge is 2.47. The minimum atomic E-state index is -0.801. The van der Waals surface area contributed by atoms with E-state index in [0.717, 1.165) is 11.1 Å². The van der Waals surface area contributed by atoms with E-state index in [1.165, 1.54) is 4.90 Å². The number of nitrogens with two attached hydrogens (primary N) is 1. The molecule has 1 aromatic carbocycles. The number of anilines is 2. The van der Waals surface area contributed by atoms with Gasteiger partial charge in [0.1, 0.15) is 17.5 Å². The lowest BCUT2D eigenvalue weighted by molar-refractivity contribution is 0.0550. The average molecular weight is 547 g/mol. The van der Waals surface area contributed by atoms with Crippen molar-refractivity contribution < 1.29 is 19.1 Å². The quantitative estimate of drug-likeness (QED) is 0.408. The van der Waals surface area contributed by atoms with Gasteiger partial charge in [-0.25, -0.2) is 14.7 Å². The SMILES string of the molecule is CCOc1ccc(N2C(=O)c3c(CCN)ccnc3N(C(=O)OC(C)(C)C)C2[C@@H](C)NCc2cccnc2)cc1. The summed E-state index contributed by atoms with van der Waals surface area (Å²) in [6.45, 7) is 10.6. The van der Waals surface area contributed by atoms with Crippen LogP contribution in [0.1, 0.15) is 56.1 Å². The standard InChI is InChI=1S/C30H38N6O4/c1-6-39-24-11-9-23(10-12-24)35-27(20(2)34-19-21-8-7-16-32-18-21)36(29(38)40-30(3,4)5)26-25(28(35)37)22(13-15-31)14-17-33-26/h7-12,14,16-18,20,27,34H,6,13,15,19,31H2,1-5H3/t20-,27?/m1/s1. The Labute approximate surface area is 235 Å². The van der Waals surface area contributed by atoms with Gasteiger partial charge in [-0.3, -0.25) is 14.7 Å². The molecule has 3 heterocycles. The molecule has 0 aliphatic carbocycles. The molecule has 0 saturated carbocycles. The number of nitrogens with one attached hydrogen (secondary N) is 1. The van der Waals surface area contributed by atoms with E-state index in [9.17, 15) is 9.59 Å². The number of hydrogen-bond acceptors (Lipinski definition) is 8. The van der Waals surface area contributed by atoms with Gasteiger partial charge in [-0.2, -0.15) is 0 Å². The van der Waals surface area contributed by atoms with E-state index in [1.54, 1.807) is 29.6 Å². The molecule has 3 N–H and O–H groups in total. The van der Waals surface area contributed by atoms with Crippen molar-refractivity contribution in [1.82, 2.24) is 15.3 Å². The van der Waals surface area contributed by atoms with Gasteiger partial charge in [0, 0.05) is 36.9 Å². The van der Waals surface area contributed by atoms with Gasteiger partial charge in [0.2, 0.25) is 0 Å². The summed E-state index contributed by atoms with van der Waals surface area (Å²) < 4.78 is 11.5. The molecule has 0 saturated heterocycles. The molecule has 3 aromatic rings. The molecule has 0 spiro atoms. The molecule has 0 fully saturated rings. The Morgan fingerprint density at radius 3 is 2.52 bits per heavy atom. The lowest BCUT2D eigenvalue weighted by Crippen LogP contribution is -2.65. The number of aromatic nitrogens is 2. The van der Waals surface area contributed by atoms with Crippen LogP contribution in [-0.4, -0.2) is 52.9 Å². The molecule has 0 radical (unpaired) electrons. The first-order valence-electron chi connectivity index (χ1n) is 13.5. The Balaban J connectivity index is 1.86. The van der Waals surface area contributed by atoms with Crippen molar-refractivity contribution in [1.29, 1.82) is 0 Å². The zero-order valence-corrected chi connectivity index (χ0v) is 23.8. The Kier molecular flexibility index (Phi) is 9.01. The van der Waals surface area contributed by atoms with Gasteiger partial charge in [0.25, 0.3) is 5.91 Å². The minimum absolute atomic E-state index is 0.257. The highest BCUT2D eigenvalue weighted by molar-refractivity contribution is 6.15. The molecular weight excluding hydrogens is 508 g/mol. The third-order valence-corrected chi connectivity index (χ3v) is 6.44. The summed E-state index contributed by atoms with van der Waals surface area (Å²) in [5.41, 5.74) is 7.76. The molecule has 0 bridgehead atoms. The fourth-order valence-corrected chi connectivity index (χ4v) is 4.73. The molecule has 212 valence electrons. The Morgan fingerprint density at radius 2 is 1.90 bits per heavy atom. The lowest BCUT2D eigenvalue weighted by Gasteiger charge is -2.46. The molecule has 2 atom stereocenters. The average Bonchev–Trinajstić information content (AvgIpc) is 2.92. The van der Waals surface area contributed by atoms with E-state index in [2.05, 4.69) is 15.3 Å². The summed E-state index contributed by atoms with van der Waals surface area (Å²) >= 11 is 0. The summed E-state index contributed by atoms with van der Waals surface area (Å²) in [6, 6.07) is 12.5. The van der Waals surface area contributed by atoms with Crippen molar-refractivity contribution in [2.24, 2.45) is 5.73 Å². The monoisotopic (exact) mass is 546 g/mol. The maximum atomic E-state index is 14.4. The normalized spacial score (nSPS) is 15.9. The van der Waals surface area contributed by atoms with Crippen LogP contribution in [0.3, 0.4) is 0 Å². The van der Waals surface area contributed by atoms with Gasteiger partial charge >= 0.3 is 6.09 Å². The maximum absolute atomic E-state index is 14.4. The van der Waals surface area contributed by atoms with Crippen molar-refractivity contribution in [2.75, 3.05) is 23.0 Å². The van der Waals surface area contributed by atoms with Crippen LogP contribution in [0.25, 0.3) is 0 Å². The molecule has 1 unspecified atom stereocenters. The van der Waals surface area contributed by atoms with Gasteiger partial charge in [-0.1, -0.05) is 6.07 Å². The van der Waals surface area contributed by atoms with E-state index in [-0.39, 0.29) is 11.7 Å². The van der Waals surface area contributed by atoms with Crippen LogP contribution in [-0.2, 0) is 17.7 Å². The van der Waals surface area contributed by atoms with Gasteiger partial charge in [-0.05, 0) is 95.1 Å². The van der Waals surface area contributed by atoms with Gasteiger partial charge in [-0.15, -0.1) is 0 Å². The largest absolute Gasteiger partial charge is 0.494 e. The minimum Gasteiger partial charge on any atom is -0.494 e. The molecule has 1 aliphatic heterocycles. The predicted molar refractivity (Wildman–Crippen MR) is 154 cm³/mol. The third-order valence-electron chi connectivity index (χ3n) is 6.44. The summed E-state index contributed by atoms with van der Waals surface area (Å²) in [5.74, 6) is 0.674. The number of fused-ring (bicyclic) bond motifs is 1. The first kappa shape index (κ1) is 29.0. The predicted octanol–water partition coefficient (Wildman–Crippen LogP) is 4.28. The van der Waals surface area contributed by atoms with Crippen molar-refractivity contribution in [3.05, 3.63) is 77.7 Å². The Bertz CT molecular complexity index is 1310. The number of benzene rings is 1. The van der Waals surface area contributed by atoms with Gasteiger partial charge < -0.3 is 20.5 Å². The Hall–Kier alpha value is -4.02. The van der Waals surface area contributed by atoms with Crippen LogP contribution in [0.15, 0.2) is 61.1 Å². The van der Waals surface area contributed by atoms with Crippen LogP contribution >= 0.6 is 0 Å². The highest BCUT2D eigenvalue weighted by Crippen LogP contribution is 2.37. The number of carbonyl (C=O) groups is 2. The number of ether oxygens (including phenoxy) is 2. The Morgan fingerprint density at radius 1 is 1.15 bits per heavy atom. The summed E-state index contributed by atoms with van der Waals surface area (Å²) in [5, 5.41) is 3.48. The summed E-state index contributed by atoms with van der Waals surface area (Å²) in [6.07, 6.45) is 4.14. The number of pyridine rings is 2. The zero-order chi connectivity index (χ0) is 28.9. The van der Waals surface area contributed by atoms with Gasteiger partial charge in [0.05, 0.1) is 12.2 Å². The molecule has 10 heteroatoms. The molecule has 4 rings (SSSR count). The molecular formula is C30H38N6O4. The molecule has 40 heavy (non-hydrogen) atoms. The first-order chi connectivity index (χ1) is 19.1. The number of rotatable bonds is 9. The summed E-state index contributed by atoms with van der Waals surface area (Å²) in [7, 11) is 0. The maximum Gasteiger partial charge on any atom is 0.417 e. The van der Waals surface area contributed by atoms with Crippen molar-refractivity contribution in [3.63, 3.8) is 0 Å². The second kappa shape index (κ2) is 12.4. The highest BCUT2D eigenvalue weighted by atomic mass is 16.6. The van der Waals surface area contributed by atoms with Crippen LogP contribution in [0.4, 0.5) is 16.3 Å². The van der Waals surface area contributed by atoms with Crippen molar-refractivity contribution in [2.45, 2.75) is 65.4 Å². The van der Waals surface area contributed by atoms with Crippen LogP contribution in [0.2, 0.25) is 0 Å². The molecule has 10 nitrogen and oxygen atoms in total. The van der Waals surface area contributed by atoms with Crippen molar-refractivity contribution in [3.8, 4) is 5.75 Å². The fourth-order valence-electron chi connectivity index (χ4n) is 4.73. The number of nitrogens with zero attached hydrogens (tertiary/aromatic N) is 4. The van der Waals surface area contributed by atoms with Crippen LogP contribution < -0.4 is 25.6 Å².